The summed E-state index contributed by atoms with van der Waals surface area (Å²) < 4.78 is 6.23. The van der Waals surface area contributed by atoms with Gasteiger partial charge >= 0.3 is 0 Å². The van der Waals surface area contributed by atoms with Gasteiger partial charge in [0.15, 0.2) is 0 Å². The van der Waals surface area contributed by atoms with Crippen LogP contribution in [0.3, 0.4) is 0 Å². The average Bonchev–Trinajstić information content (AvgIpc) is 2.79. The lowest BCUT2D eigenvalue weighted by Crippen LogP contribution is -2.29. The van der Waals surface area contributed by atoms with Crippen molar-refractivity contribution in [2.24, 2.45) is 10.4 Å². The Morgan fingerprint density at radius 3 is 3.12 bits per heavy atom. The third kappa shape index (κ3) is 2.33. The highest BCUT2D eigenvalue weighted by Gasteiger charge is 2.52. The number of aliphatic imine (C=N–C) groups is 1. The van der Waals surface area contributed by atoms with Gasteiger partial charge < -0.3 is 14.7 Å². The van der Waals surface area contributed by atoms with Crippen molar-refractivity contribution in [3.05, 3.63) is 58.7 Å². The third-order valence-electron chi connectivity index (χ3n) is 5.27. The van der Waals surface area contributed by atoms with Crippen molar-refractivity contribution in [1.29, 1.82) is 0 Å². The molecule has 0 saturated heterocycles. The summed E-state index contributed by atoms with van der Waals surface area (Å²) in [6, 6.07) is 0. The van der Waals surface area contributed by atoms with Crippen LogP contribution in [0.5, 0.6) is 0 Å². The van der Waals surface area contributed by atoms with Crippen molar-refractivity contribution in [2.45, 2.75) is 31.8 Å². The van der Waals surface area contributed by atoms with Gasteiger partial charge in [-0.25, -0.2) is 0 Å². The second kappa shape index (κ2) is 5.87. The van der Waals surface area contributed by atoms with Crippen LogP contribution in [-0.2, 0) is 4.74 Å². The summed E-state index contributed by atoms with van der Waals surface area (Å²) in [5, 5.41) is 10.1. The third-order valence-corrected chi connectivity index (χ3v) is 5.27. The Morgan fingerprint density at radius 1 is 1.42 bits per heavy atom. The highest BCUT2D eigenvalue weighted by Crippen LogP contribution is 2.59. The van der Waals surface area contributed by atoms with E-state index in [4.69, 9.17) is 4.74 Å². The van der Waals surface area contributed by atoms with Gasteiger partial charge in [0.05, 0.1) is 11.5 Å². The van der Waals surface area contributed by atoms with Crippen LogP contribution >= 0.6 is 0 Å². The first-order chi connectivity index (χ1) is 11.6. The highest BCUT2D eigenvalue weighted by atomic mass is 16.5. The minimum Gasteiger partial charge on any atom is -0.464 e. The fourth-order valence-corrected chi connectivity index (χ4v) is 4.24. The van der Waals surface area contributed by atoms with E-state index in [2.05, 4.69) is 42.2 Å². The lowest BCUT2D eigenvalue weighted by atomic mass is 9.65. The number of nitrogens with zero attached hydrogens (tertiary/aromatic N) is 2. The molecule has 0 radical (unpaired) electrons. The van der Waals surface area contributed by atoms with Gasteiger partial charge in [0, 0.05) is 24.4 Å². The summed E-state index contributed by atoms with van der Waals surface area (Å²) in [6.45, 7) is 1.06. The SMILES string of the molecule is CN(C)CCCC1=CN=CC2=CC(O)CC3=C2C12CC=CC=C2O3. The van der Waals surface area contributed by atoms with E-state index in [1.807, 2.05) is 18.5 Å². The van der Waals surface area contributed by atoms with E-state index in [1.165, 1.54) is 11.1 Å². The predicted molar refractivity (Wildman–Crippen MR) is 95.5 cm³/mol. The standard InChI is InChI=1S/C20H24N2O2/c1-22(2)9-5-6-15-13-21-12-14-10-16(23)11-17-19(14)20(15)8-4-3-7-18(20)24-17/h3-4,7,10,12-13,16,23H,5-6,8-9,11H2,1-2H3. The Bertz CT molecular complexity index is 737. The molecule has 1 spiro atoms. The van der Waals surface area contributed by atoms with Crippen LogP contribution in [0.2, 0.25) is 0 Å². The fourth-order valence-electron chi connectivity index (χ4n) is 4.24. The molecule has 2 heterocycles. The first-order valence-corrected chi connectivity index (χ1v) is 8.68. The Morgan fingerprint density at radius 2 is 2.29 bits per heavy atom. The Kier molecular flexibility index (Phi) is 3.82. The summed E-state index contributed by atoms with van der Waals surface area (Å²) in [5.74, 6) is 1.92. The lowest BCUT2D eigenvalue weighted by molar-refractivity contribution is 0.187. The van der Waals surface area contributed by atoms with Gasteiger partial charge in [-0.3, -0.25) is 4.99 Å². The molecule has 0 bridgehead atoms. The zero-order valence-corrected chi connectivity index (χ0v) is 14.3. The largest absolute Gasteiger partial charge is 0.464 e. The normalized spacial score (nSPS) is 30.3. The summed E-state index contributed by atoms with van der Waals surface area (Å²) in [4.78, 5) is 6.77. The molecule has 0 aromatic carbocycles. The van der Waals surface area contributed by atoms with Gasteiger partial charge in [0.2, 0.25) is 0 Å². The molecule has 126 valence electrons. The number of aliphatic hydroxyl groups is 1. The van der Waals surface area contributed by atoms with Crippen LogP contribution in [0.1, 0.15) is 25.7 Å². The number of rotatable bonds is 4. The minimum atomic E-state index is -0.494. The second-order valence-electron chi connectivity index (χ2n) is 7.20. The maximum absolute atomic E-state index is 10.1. The molecule has 0 fully saturated rings. The molecule has 0 aromatic heterocycles. The molecule has 2 aliphatic carbocycles. The zero-order valence-electron chi connectivity index (χ0n) is 14.3. The molecule has 4 heteroatoms. The van der Waals surface area contributed by atoms with Crippen LogP contribution in [0.25, 0.3) is 0 Å². The zero-order chi connectivity index (χ0) is 16.7. The lowest BCUT2D eigenvalue weighted by Gasteiger charge is -2.35. The molecule has 0 aromatic rings. The van der Waals surface area contributed by atoms with E-state index in [9.17, 15) is 5.11 Å². The Labute approximate surface area is 143 Å². The predicted octanol–water partition coefficient (Wildman–Crippen LogP) is 3.10. The molecule has 24 heavy (non-hydrogen) atoms. The van der Waals surface area contributed by atoms with Gasteiger partial charge in [-0.2, -0.15) is 0 Å². The molecule has 2 atom stereocenters. The summed E-state index contributed by atoms with van der Waals surface area (Å²) in [7, 11) is 4.21. The number of allylic oxidation sites excluding steroid dienone is 5. The van der Waals surface area contributed by atoms with Crippen LogP contribution < -0.4 is 0 Å². The van der Waals surface area contributed by atoms with Gasteiger partial charge in [-0.05, 0) is 63.2 Å². The highest BCUT2D eigenvalue weighted by molar-refractivity contribution is 5.89. The van der Waals surface area contributed by atoms with E-state index in [-0.39, 0.29) is 5.41 Å². The second-order valence-corrected chi connectivity index (χ2v) is 7.20. The van der Waals surface area contributed by atoms with Crippen molar-refractivity contribution in [1.82, 2.24) is 4.90 Å². The van der Waals surface area contributed by atoms with Crippen molar-refractivity contribution in [2.75, 3.05) is 20.6 Å². The number of hydrogen-bond donors (Lipinski definition) is 1. The van der Waals surface area contributed by atoms with Crippen LogP contribution in [-0.4, -0.2) is 43.0 Å². The molecule has 4 rings (SSSR count). The molecule has 0 saturated carbocycles. The maximum atomic E-state index is 10.1. The van der Waals surface area contributed by atoms with Crippen molar-refractivity contribution in [3.63, 3.8) is 0 Å². The summed E-state index contributed by atoms with van der Waals surface area (Å²) in [5.41, 5.74) is 3.34. The van der Waals surface area contributed by atoms with E-state index in [1.54, 1.807) is 0 Å². The molecule has 2 aliphatic heterocycles. The molecule has 1 N–H and O–H groups in total. The van der Waals surface area contributed by atoms with Gasteiger partial charge in [-0.1, -0.05) is 12.2 Å². The van der Waals surface area contributed by atoms with Gasteiger partial charge in [0.25, 0.3) is 0 Å². The number of hydrogen-bond acceptors (Lipinski definition) is 4. The molecular formula is C20H24N2O2. The quantitative estimate of drug-likeness (QED) is 0.864. The number of ether oxygens (including phenoxy) is 1. The molecule has 0 amide bonds. The van der Waals surface area contributed by atoms with Crippen LogP contribution in [0, 0.1) is 5.41 Å². The fraction of sp³-hybridized carbons (Fsp3) is 0.450. The van der Waals surface area contributed by atoms with Crippen LogP contribution in [0.4, 0.5) is 0 Å². The summed E-state index contributed by atoms with van der Waals surface area (Å²) in [6.07, 6.45) is 15.2. The van der Waals surface area contributed by atoms with Crippen molar-refractivity contribution >= 4 is 6.21 Å². The average molecular weight is 324 g/mol. The molecule has 2 unspecified atom stereocenters. The molecular weight excluding hydrogens is 300 g/mol. The smallest absolute Gasteiger partial charge is 0.119 e. The first-order valence-electron chi connectivity index (χ1n) is 8.68. The van der Waals surface area contributed by atoms with E-state index in [0.29, 0.717) is 6.42 Å². The Hall–Kier alpha value is -1.91. The molecule has 4 aliphatic rings. The van der Waals surface area contributed by atoms with Gasteiger partial charge in [0.1, 0.15) is 11.5 Å². The summed E-state index contributed by atoms with van der Waals surface area (Å²) >= 11 is 0. The number of aliphatic hydroxyl groups excluding tert-OH is 1. The molecule has 4 nitrogen and oxygen atoms in total. The van der Waals surface area contributed by atoms with E-state index in [0.717, 1.165) is 42.9 Å². The monoisotopic (exact) mass is 324 g/mol. The van der Waals surface area contributed by atoms with Crippen molar-refractivity contribution < 1.29 is 9.84 Å². The van der Waals surface area contributed by atoms with E-state index < -0.39 is 6.10 Å². The van der Waals surface area contributed by atoms with Crippen molar-refractivity contribution in [3.8, 4) is 0 Å². The minimum absolute atomic E-state index is 0.223. The Balaban J connectivity index is 1.76. The van der Waals surface area contributed by atoms with E-state index >= 15 is 0 Å². The topological polar surface area (TPSA) is 45.1 Å². The first kappa shape index (κ1) is 15.6. The maximum Gasteiger partial charge on any atom is 0.119 e. The van der Waals surface area contributed by atoms with Gasteiger partial charge in [-0.15, -0.1) is 0 Å². The van der Waals surface area contributed by atoms with Crippen LogP contribution in [0.15, 0.2) is 63.7 Å².